The van der Waals surface area contributed by atoms with Crippen LogP contribution in [0.3, 0.4) is 0 Å². The third-order valence-corrected chi connectivity index (χ3v) is 4.05. The maximum Gasteiger partial charge on any atom is 0.265 e. The molecule has 0 radical (unpaired) electrons. The molecule has 6 heteroatoms. The lowest BCUT2D eigenvalue weighted by Crippen LogP contribution is -2.25. The van der Waals surface area contributed by atoms with Gasteiger partial charge in [-0.3, -0.25) is 4.79 Å². The Morgan fingerprint density at radius 1 is 1.53 bits per heavy atom. The molecule has 1 aromatic heterocycles. The van der Waals surface area contributed by atoms with Crippen molar-refractivity contribution < 1.29 is 9.53 Å². The molecule has 19 heavy (non-hydrogen) atoms. The summed E-state index contributed by atoms with van der Waals surface area (Å²) in [5, 5.41) is 0. The third kappa shape index (κ3) is 3.54. The number of hydrogen-bond donors (Lipinski definition) is 0. The first-order valence-electron chi connectivity index (χ1n) is 5.60. The second-order valence-corrected chi connectivity index (χ2v) is 6.30. The van der Waals surface area contributed by atoms with Crippen LogP contribution in [0.2, 0.25) is 0 Å². The zero-order valence-corrected chi connectivity index (χ0v) is 13.0. The molecule has 0 N–H and O–H groups in total. The van der Waals surface area contributed by atoms with Crippen molar-refractivity contribution in [2.75, 3.05) is 14.2 Å². The molecule has 0 aliphatic carbocycles. The van der Waals surface area contributed by atoms with Gasteiger partial charge in [-0.15, -0.1) is 11.3 Å². The van der Waals surface area contributed by atoms with Crippen molar-refractivity contribution in [3.05, 3.63) is 44.8 Å². The summed E-state index contributed by atoms with van der Waals surface area (Å²) >= 11 is 4.59. The fourth-order valence-corrected chi connectivity index (χ4v) is 2.92. The van der Waals surface area contributed by atoms with E-state index in [1.165, 1.54) is 11.3 Å². The number of hydrogen-bond acceptors (Lipinski definition) is 4. The van der Waals surface area contributed by atoms with Crippen molar-refractivity contribution >= 4 is 33.2 Å². The summed E-state index contributed by atoms with van der Waals surface area (Å²) < 4.78 is 5.88. The van der Waals surface area contributed by atoms with E-state index in [9.17, 15) is 4.79 Å². The fraction of sp³-hybridized carbons (Fsp3) is 0.231. The molecule has 0 atom stereocenters. The van der Waals surface area contributed by atoms with E-state index < -0.39 is 0 Å². The first kappa shape index (κ1) is 14.0. The van der Waals surface area contributed by atoms with Crippen molar-refractivity contribution in [1.29, 1.82) is 0 Å². The molecule has 0 saturated heterocycles. The quantitative estimate of drug-likeness (QED) is 0.858. The van der Waals surface area contributed by atoms with Gasteiger partial charge in [-0.2, -0.15) is 0 Å². The summed E-state index contributed by atoms with van der Waals surface area (Å²) in [6.45, 7) is 0.533. The Bertz CT molecular complexity index is 586. The number of aromatic nitrogens is 1. The molecule has 1 amide bonds. The summed E-state index contributed by atoms with van der Waals surface area (Å²) in [5.41, 5.74) is 1.03. The summed E-state index contributed by atoms with van der Waals surface area (Å²) in [7, 11) is 3.40. The maximum atomic E-state index is 12.2. The average Bonchev–Trinajstić information content (AvgIpc) is 2.84. The topological polar surface area (TPSA) is 42.4 Å². The highest BCUT2D eigenvalue weighted by Crippen LogP contribution is 2.21. The van der Waals surface area contributed by atoms with E-state index in [0.29, 0.717) is 15.3 Å². The molecule has 100 valence electrons. The van der Waals surface area contributed by atoms with Crippen LogP contribution in [0.15, 0.2) is 34.4 Å². The fourth-order valence-electron chi connectivity index (χ4n) is 1.66. The molecule has 0 aliphatic heterocycles. The molecule has 1 heterocycles. The van der Waals surface area contributed by atoms with Crippen molar-refractivity contribution in [3.63, 3.8) is 0 Å². The molecule has 2 aromatic rings. The summed E-state index contributed by atoms with van der Waals surface area (Å²) in [5.74, 6) is 0.755. The van der Waals surface area contributed by atoms with Crippen molar-refractivity contribution in [2.24, 2.45) is 0 Å². The number of amides is 1. The molecule has 0 saturated carbocycles. The number of carbonyl (C=O) groups excluding carboxylic acids is 1. The number of methoxy groups -OCH3 is 1. The second kappa shape index (κ2) is 6.16. The molecule has 0 aliphatic rings. The van der Waals surface area contributed by atoms with Gasteiger partial charge in [0.05, 0.1) is 13.3 Å². The zero-order valence-electron chi connectivity index (χ0n) is 10.6. The minimum Gasteiger partial charge on any atom is -0.497 e. The van der Waals surface area contributed by atoms with Gasteiger partial charge in [-0.1, -0.05) is 12.1 Å². The van der Waals surface area contributed by atoms with Crippen LogP contribution in [0.4, 0.5) is 0 Å². The van der Waals surface area contributed by atoms with Crippen LogP contribution in [0.25, 0.3) is 0 Å². The van der Waals surface area contributed by atoms with Crippen molar-refractivity contribution in [2.45, 2.75) is 6.54 Å². The summed E-state index contributed by atoms with van der Waals surface area (Å²) in [6, 6.07) is 7.68. The molecular formula is C13H13BrN2O2S. The standard InChI is InChI=1S/C13H13BrN2O2S/c1-16(12(17)11-7-15-13(14)19-11)8-9-4-3-5-10(6-9)18-2/h3-7H,8H2,1-2H3. The number of benzene rings is 1. The normalized spacial score (nSPS) is 10.3. The highest BCUT2D eigenvalue weighted by molar-refractivity contribution is 9.11. The van der Waals surface area contributed by atoms with Crippen molar-refractivity contribution in [3.8, 4) is 5.75 Å². The number of halogens is 1. The van der Waals surface area contributed by atoms with Gasteiger partial charge >= 0.3 is 0 Å². The van der Waals surface area contributed by atoms with Gasteiger partial charge in [0.25, 0.3) is 5.91 Å². The lowest BCUT2D eigenvalue weighted by molar-refractivity contribution is 0.0789. The summed E-state index contributed by atoms with van der Waals surface area (Å²) in [6.07, 6.45) is 1.58. The number of nitrogens with zero attached hydrogens (tertiary/aromatic N) is 2. The van der Waals surface area contributed by atoms with Gasteiger partial charge in [-0.05, 0) is 33.6 Å². The van der Waals surface area contributed by atoms with Crippen LogP contribution in [0, 0.1) is 0 Å². The van der Waals surface area contributed by atoms with E-state index in [4.69, 9.17) is 4.74 Å². The zero-order chi connectivity index (χ0) is 13.8. The van der Waals surface area contributed by atoms with Gasteiger partial charge in [0.15, 0.2) is 3.92 Å². The largest absolute Gasteiger partial charge is 0.497 e. The SMILES string of the molecule is COc1cccc(CN(C)C(=O)c2cnc(Br)s2)c1. The average molecular weight is 341 g/mol. The van der Waals surface area contributed by atoms with E-state index in [1.807, 2.05) is 24.3 Å². The maximum absolute atomic E-state index is 12.2. The second-order valence-electron chi connectivity index (χ2n) is 3.99. The van der Waals surface area contributed by atoms with E-state index >= 15 is 0 Å². The Balaban J connectivity index is 2.07. The first-order valence-corrected chi connectivity index (χ1v) is 7.21. The minimum absolute atomic E-state index is 0.0361. The van der Waals surface area contributed by atoms with Crippen LogP contribution in [-0.2, 0) is 6.54 Å². The van der Waals surface area contributed by atoms with E-state index in [1.54, 1.807) is 25.3 Å². The Labute approximate surface area is 124 Å². The number of rotatable bonds is 4. The van der Waals surface area contributed by atoms with Gasteiger partial charge in [0.1, 0.15) is 10.6 Å². The van der Waals surface area contributed by atoms with E-state index in [-0.39, 0.29) is 5.91 Å². The third-order valence-electron chi connectivity index (χ3n) is 2.59. The molecule has 2 rings (SSSR count). The first-order chi connectivity index (χ1) is 9.10. The number of carbonyl (C=O) groups is 1. The molecule has 0 unspecified atom stereocenters. The molecule has 0 spiro atoms. The molecular weight excluding hydrogens is 328 g/mol. The van der Waals surface area contributed by atoms with Crippen LogP contribution in [0.1, 0.15) is 15.2 Å². The van der Waals surface area contributed by atoms with Crippen LogP contribution in [-0.4, -0.2) is 29.9 Å². The molecule has 1 aromatic carbocycles. The summed E-state index contributed by atoms with van der Waals surface area (Å²) in [4.78, 5) is 18.5. The molecule has 4 nitrogen and oxygen atoms in total. The van der Waals surface area contributed by atoms with E-state index in [2.05, 4.69) is 20.9 Å². The van der Waals surface area contributed by atoms with E-state index in [0.717, 1.165) is 11.3 Å². The molecule has 0 fully saturated rings. The molecule has 0 bridgehead atoms. The highest BCUT2D eigenvalue weighted by Gasteiger charge is 2.15. The van der Waals surface area contributed by atoms with Gasteiger partial charge in [0.2, 0.25) is 0 Å². The smallest absolute Gasteiger partial charge is 0.265 e. The van der Waals surface area contributed by atoms with Gasteiger partial charge in [0, 0.05) is 13.6 Å². The Morgan fingerprint density at radius 3 is 2.95 bits per heavy atom. The van der Waals surface area contributed by atoms with Gasteiger partial charge in [-0.25, -0.2) is 4.98 Å². The number of thiazole rings is 1. The predicted octanol–water partition coefficient (Wildman–Crippen LogP) is 3.19. The minimum atomic E-state index is -0.0361. The highest BCUT2D eigenvalue weighted by atomic mass is 79.9. The van der Waals surface area contributed by atoms with Crippen LogP contribution in [0.5, 0.6) is 5.75 Å². The van der Waals surface area contributed by atoms with Crippen molar-refractivity contribution in [1.82, 2.24) is 9.88 Å². The number of ether oxygens (including phenoxy) is 1. The monoisotopic (exact) mass is 340 g/mol. The lowest BCUT2D eigenvalue weighted by atomic mass is 10.2. The Hall–Kier alpha value is -1.40. The van der Waals surface area contributed by atoms with Gasteiger partial charge < -0.3 is 9.64 Å². The predicted molar refractivity (Wildman–Crippen MR) is 78.6 cm³/mol. The van der Waals surface area contributed by atoms with Crippen LogP contribution < -0.4 is 4.74 Å². The Morgan fingerprint density at radius 2 is 2.32 bits per heavy atom. The van der Waals surface area contributed by atoms with Crippen LogP contribution >= 0.6 is 27.3 Å². The Kier molecular flexibility index (Phi) is 4.55. The lowest BCUT2D eigenvalue weighted by Gasteiger charge is -2.16.